The van der Waals surface area contributed by atoms with Gasteiger partial charge < -0.3 is 24.5 Å². The zero-order valence-corrected chi connectivity index (χ0v) is 20.2. The maximum absolute atomic E-state index is 12.8. The van der Waals surface area contributed by atoms with Crippen LogP contribution in [0.25, 0.3) is 10.9 Å². The molecule has 9 heteroatoms. The molecule has 0 aliphatic heterocycles. The van der Waals surface area contributed by atoms with Crippen LogP contribution in [0.15, 0.2) is 71.5 Å². The molecule has 1 amide bonds. The minimum Gasteiger partial charge on any atom is -0.493 e. The fraction of sp³-hybridized carbons (Fsp3) is 0.192. The Hall–Kier alpha value is -3.95. The predicted molar refractivity (Wildman–Crippen MR) is 137 cm³/mol. The summed E-state index contributed by atoms with van der Waals surface area (Å²) in [6.45, 7) is 0.989. The number of nitrogens with one attached hydrogen (secondary N) is 2. The number of para-hydroxylation sites is 2. The average molecular weight is 492 g/mol. The molecule has 1 heterocycles. The van der Waals surface area contributed by atoms with Gasteiger partial charge in [-0.25, -0.2) is 0 Å². The van der Waals surface area contributed by atoms with Crippen molar-refractivity contribution in [2.75, 3.05) is 26.1 Å². The van der Waals surface area contributed by atoms with Crippen molar-refractivity contribution < 1.29 is 19.0 Å². The predicted octanol–water partition coefficient (Wildman–Crippen LogP) is 5.15. The Bertz CT molecular complexity index is 1460. The quantitative estimate of drug-likeness (QED) is 0.248. The molecule has 0 aliphatic carbocycles. The number of nitrogens with zero attached hydrogens (tertiary/aromatic N) is 1. The highest BCUT2D eigenvalue weighted by molar-refractivity contribution is 7.71. The molecule has 2 N–H and O–H groups in total. The molecule has 35 heavy (non-hydrogen) atoms. The Morgan fingerprint density at radius 2 is 1.77 bits per heavy atom. The second kappa shape index (κ2) is 11.0. The lowest BCUT2D eigenvalue weighted by Gasteiger charge is -2.11. The van der Waals surface area contributed by atoms with Gasteiger partial charge >= 0.3 is 0 Å². The largest absolute Gasteiger partial charge is 0.493 e. The molecule has 3 aromatic carbocycles. The summed E-state index contributed by atoms with van der Waals surface area (Å²) in [6, 6.07) is 19.2. The van der Waals surface area contributed by atoms with Gasteiger partial charge in [0.2, 0.25) is 0 Å². The van der Waals surface area contributed by atoms with Gasteiger partial charge in [-0.1, -0.05) is 12.1 Å². The number of carbonyl (C=O) groups is 1. The number of fused-ring (bicyclic) bond motifs is 1. The summed E-state index contributed by atoms with van der Waals surface area (Å²) in [6.07, 6.45) is 0.669. The summed E-state index contributed by atoms with van der Waals surface area (Å²) in [5, 5.41) is 3.32. The number of hydrogen-bond acceptors (Lipinski definition) is 6. The topological polar surface area (TPSA) is 94.6 Å². The van der Waals surface area contributed by atoms with E-state index in [-0.39, 0.29) is 11.5 Å². The molecule has 0 spiro atoms. The van der Waals surface area contributed by atoms with Gasteiger partial charge in [0.15, 0.2) is 16.3 Å². The van der Waals surface area contributed by atoms with E-state index in [1.807, 2.05) is 24.3 Å². The van der Waals surface area contributed by atoms with E-state index in [0.717, 1.165) is 0 Å². The van der Waals surface area contributed by atoms with Gasteiger partial charge in [0, 0.05) is 31.5 Å². The van der Waals surface area contributed by atoms with Gasteiger partial charge in [-0.3, -0.25) is 14.2 Å². The Morgan fingerprint density at radius 1 is 1.03 bits per heavy atom. The first-order chi connectivity index (χ1) is 17.0. The Morgan fingerprint density at radius 3 is 2.49 bits per heavy atom. The molecule has 8 nitrogen and oxygen atoms in total. The number of aromatic nitrogens is 2. The average Bonchev–Trinajstić information content (AvgIpc) is 2.87. The number of anilines is 1. The van der Waals surface area contributed by atoms with E-state index < -0.39 is 0 Å². The third-order valence-electron chi connectivity index (χ3n) is 5.38. The van der Waals surface area contributed by atoms with E-state index in [0.29, 0.717) is 63.7 Å². The van der Waals surface area contributed by atoms with Crippen molar-refractivity contribution in [2.45, 2.75) is 13.0 Å². The van der Waals surface area contributed by atoms with Gasteiger partial charge in [0.25, 0.3) is 11.5 Å². The lowest BCUT2D eigenvalue weighted by atomic mass is 10.1. The fourth-order valence-corrected chi connectivity index (χ4v) is 3.89. The number of carbonyl (C=O) groups excluding carboxylic acids is 1. The van der Waals surface area contributed by atoms with Crippen molar-refractivity contribution >= 4 is 34.7 Å². The molecule has 0 saturated carbocycles. The molecule has 4 rings (SSSR count). The summed E-state index contributed by atoms with van der Waals surface area (Å²) in [7, 11) is 3.19. The van der Waals surface area contributed by atoms with E-state index in [1.54, 1.807) is 56.7 Å². The molecular weight excluding hydrogens is 466 g/mol. The first kappa shape index (κ1) is 24.2. The maximum Gasteiger partial charge on any atom is 0.262 e. The van der Waals surface area contributed by atoms with Crippen LogP contribution in [-0.2, 0) is 11.3 Å². The summed E-state index contributed by atoms with van der Waals surface area (Å²) in [5.41, 5.74) is 1.31. The van der Waals surface area contributed by atoms with Gasteiger partial charge in [-0.15, -0.1) is 0 Å². The number of aromatic amines is 1. The van der Waals surface area contributed by atoms with E-state index in [1.165, 1.54) is 4.57 Å². The number of amides is 1. The number of H-pyrrole nitrogens is 1. The first-order valence-corrected chi connectivity index (χ1v) is 11.4. The van der Waals surface area contributed by atoms with Crippen LogP contribution in [0.1, 0.15) is 16.8 Å². The minimum absolute atomic E-state index is 0.197. The molecule has 0 radical (unpaired) electrons. The fourth-order valence-electron chi connectivity index (χ4n) is 3.61. The first-order valence-electron chi connectivity index (χ1n) is 11.0. The highest BCUT2D eigenvalue weighted by Gasteiger charge is 2.11. The third kappa shape index (κ3) is 5.59. The second-order valence-corrected chi connectivity index (χ2v) is 8.11. The van der Waals surface area contributed by atoms with Crippen molar-refractivity contribution in [1.29, 1.82) is 0 Å². The Labute approximate surface area is 207 Å². The lowest BCUT2D eigenvalue weighted by Crippen LogP contribution is -2.23. The van der Waals surface area contributed by atoms with Crippen molar-refractivity contribution in [3.63, 3.8) is 0 Å². The zero-order valence-electron chi connectivity index (χ0n) is 19.4. The molecule has 0 bridgehead atoms. The van der Waals surface area contributed by atoms with Crippen molar-refractivity contribution in [2.24, 2.45) is 0 Å². The van der Waals surface area contributed by atoms with Gasteiger partial charge in [0.1, 0.15) is 5.75 Å². The number of rotatable bonds is 9. The molecule has 0 aliphatic rings. The molecular formula is C26H25N3O5S. The number of ether oxygens (including phenoxy) is 3. The van der Waals surface area contributed by atoms with Crippen molar-refractivity contribution in [3.8, 4) is 17.2 Å². The van der Waals surface area contributed by atoms with E-state index in [2.05, 4.69) is 10.3 Å². The molecule has 1 aromatic heterocycles. The third-order valence-corrected chi connectivity index (χ3v) is 5.71. The normalized spacial score (nSPS) is 10.8. The molecule has 180 valence electrons. The summed E-state index contributed by atoms with van der Waals surface area (Å²) in [4.78, 5) is 28.7. The van der Waals surface area contributed by atoms with Crippen LogP contribution < -0.4 is 20.3 Å². The van der Waals surface area contributed by atoms with E-state index in [4.69, 9.17) is 26.4 Å². The minimum atomic E-state index is -0.311. The van der Waals surface area contributed by atoms with Crippen LogP contribution in [-0.4, -0.2) is 36.3 Å². The lowest BCUT2D eigenvalue weighted by molar-refractivity contribution is 0.102. The SMILES string of the molecule is COCCCn1c(=S)[nH]c2cc(C(=O)Nc3ccc(Oc4ccccc4OC)cc3)ccc2c1=O. The molecule has 4 aromatic rings. The molecule has 0 unspecified atom stereocenters. The summed E-state index contributed by atoms with van der Waals surface area (Å²) < 4.78 is 18.0. The Balaban J connectivity index is 1.49. The summed E-state index contributed by atoms with van der Waals surface area (Å²) >= 11 is 5.35. The van der Waals surface area contributed by atoms with Gasteiger partial charge in [0.05, 0.1) is 18.0 Å². The van der Waals surface area contributed by atoms with Crippen LogP contribution >= 0.6 is 12.2 Å². The standard InChI is InChI=1S/C26H25N3O5S/c1-32-15-5-14-29-25(31)20-13-8-17(16-21(20)28-26(29)35)24(30)27-18-9-11-19(12-10-18)34-23-7-4-3-6-22(23)33-2/h3-4,6-13,16H,5,14-15H2,1-2H3,(H,27,30)(H,28,35). The molecule has 0 saturated heterocycles. The maximum atomic E-state index is 12.8. The highest BCUT2D eigenvalue weighted by Crippen LogP contribution is 2.31. The monoisotopic (exact) mass is 491 g/mol. The molecule has 0 fully saturated rings. The second-order valence-electron chi connectivity index (χ2n) is 7.73. The van der Waals surface area contributed by atoms with E-state index in [9.17, 15) is 9.59 Å². The van der Waals surface area contributed by atoms with Crippen LogP contribution in [0.2, 0.25) is 0 Å². The van der Waals surface area contributed by atoms with Crippen LogP contribution in [0.5, 0.6) is 17.2 Å². The summed E-state index contributed by atoms with van der Waals surface area (Å²) in [5.74, 6) is 1.52. The van der Waals surface area contributed by atoms with Crippen LogP contribution in [0.3, 0.4) is 0 Å². The van der Waals surface area contributed by atoms with Crippen molar-refractivity contribution in [1.82, 2.24) is 9.55 Å². The van der Waals surface area contributed by atoms with Crippen molar-refractivity contribution in [3.05, 3.63) is 87.4 Å². The van der Waals surface area contributed by atoms with Crippen LogP contribution in [0.4, 0.5) is 5.69 Å². The van der Waals surface area contributed by atoms with Crippen LogP contribution in [0, 0.1) is 4.77 Å². The van der Waals surface area contributed by atoms with Gasteiger partial charge in [-0.05, 0) is 73.2 Å². The zero-order chi connectivity index (χ0) is 24.8. The van der Waals surface area contributed by atoms with E-state index >= 15 is 0 Å². The number of methoxy groups -OCH3 is 2. The van der Waals surface area contributed by atoms with Gasteiger partial charge in [-0.2, -0.15) is 0 Å². The highest BCUT2D eigenvalue weighted by atomic mass is 32.1. The Kier molecular flexibility index (Phi) is 7.59. The number of hydrogen-bond donors (Lipinski definition) is 2. The number of benzene rings is 3. The smallest absolute Gasteiger partial charge is 0.262 e. The molecule has 0 atom stereocenters.